The van der Waals surface area contributed by atoms with Gasteiger partial charge < -0.3 is 4.90 Å². The van der Waals surface area contributed by atoms with E-state index in [4.69, 9.17) is 9.97 Å². The van der Waals surface area contributed by atoms with Gasteiger partial charge in [0.2, 0.25) is 0 Å². The van der Waals surface area contributed by atoms with Crippen molar-refractivity contribution in [3.8, 4) is 22.5 Å². The topological polar surface area (TPSA) is 71.9 Å². The zero-order valence-corrected chi connectivity index (χ0v) is 19.8. The standard InChI is InChI=1S/C30H25N5O/c36-30(23-13-17-35(18-14-23)27-20-31-15-16-32-27)24-11-12-25-26(19-24)34-29(22-9-5-2-6-10-22)28(33-25)21-7-3-1-4-8-21/h1-12,15-16,19-20,23H,13-14,17-18H2. The SMILES string of the molecule is O=C(c1ccc2nc(-c3ccccc3)c(-c3ccccc3)nc2c1)C1CCN(c2cnccn2)CC1. The second-order valence-corrected chi connectivity index (χ2v) is 9.05. The number of Topliss-reactive ketones (excluding diaryl/α,β-unsaturated/α-hetero) is 1. The summed E-state index contributed by atoms with van der Waals surface area (Å²) in [6.45, 7) is 1.59. The van der Waals surface area contributed by atoms with E-state index in [1.54, 1.807) is 18.6 Å². The Bertz CT molecular complexity index is 1500. The van der Waals surface area contributed by atoms with E-state index in [1.165, 1.54) is 0 Å². The van der Waals surface area contributed by atoms with E-state index in [1.807, 2.05) is 78.9 Å². The summed E-state index contributed by atoms with van der Waals surface area (Å²) in [5.74, 6) is 1.03. The highest BCUT2D eigenvalue weighted by molar-refractivity contribution is 6.01. The molecule has 6 heteroatoms. The van der Waals surface area contributed by atoms with Crippen LogP contribution in [0.15, 0.2) is 97.5 Å². The highest BCUT2D eigenvalue weighted by Gasteiger charge is 2.27. The number of piperidine rings is 1. The molecule has 0 amide bonds. The van der Waals surface area contributed by atoms with Crippen molar-refractivity contribution in [1.82, 2.24) is 19.9 Å². The van der Waals surface area contributed by atoms with Crippen LogP contribution >= 0.6 is 0 Å². The molecule has 0 unspecified atom stereocenters. The molecule has 1 aliphatic heterocycles. The molecule has 0 radical (unpaired) electrons. The average Bonchev–Trinajstić information content (AvgIpc) is 2.97. The summed E-state index contributed by atoms with van der Waals surface area (Å²) >= 11 is 0. The van der Waals surface area contributed by atoms with Crippen LogP contribution in [-0.4, -0.2) is 38.8 Å². The van der Waals surface area contributed by atoms with Crippen LogP contribution in [0.3, 0.4) is 0 Å². The molecular formula is C30H25N5O. The number of fused-ring (bicyclic) bond motifs is 1. The van der Waals surface area contributed by atoms with Gasteiger partial charge in [-0.05, 0) is 31.0 Å². The zero-order valence-electron chi connectivity index (χ0n) is 19.8. The van der Waals surface area contributed by atoms with Gasteiger partial charge in [0.1, 0.15) is 5.82 Å². The van der Waals surface area contributed by atoms with Crippen molar-refractivity contribution in [3.05, 3.63) is 103 Å². The van der Waals surface area contributed by atoms with Crippen LogP contribution in [0, 0.1) is 5.92 Å². The summed E-state index contributed by atoms with van der Waals surface area (Å²) in [7, 11) is 0. The number of aromatic nitrogens is 4. The maximum Gasteiger partial charge on any atom is 0.166 e. The van der Waals surface area contributed by atoms with Crippen LogP contribution in [0.2, 0.25) is 0 Å². The maximum atomic E-state index is 13.4. The van der Waals surface area contributed by atoms with Crippen LogP contribution in [-0.2, 0) is 0 Å². The van der Waals surface area contributed by atoms with Gasteiger partial charge in [-0.2, -0.15) is 0 Å². The number of hydrogen-bond acceptors (Lipinski definition) is 6. The lowest BCUT2D eigenvalue weighted by atomic mass is 9.88. The normalized spacial score (nSPS) is 14.2. The number of nitrogens with zero attached hydrogens (tertiary/aromatic N) is 5. The first kappa shape index (κ1) is 22.0. The molecule has 0 bridgehead atoms. The van der Waals surface area contributed by atoms with Crippen molar-refractivity contribution >= 4 is 22.6 Å². The molecule has 0 N–H and O–H groups in total. The fourth-order valence-corrected chi connectivity index (χ4v) is 4.86. The summed E-state index contributed by atoms with van der Waals surface area (Å²) in [6.07, 6.45) is 6.74. The first-order valence-electron chi connectivity index (χ1n) is 12.2. The first-order valence-corrected chi connectivity index (χ1v) is 12.2. The van der Waals surface area contributed by atoms with Gasteiger partial charge in [0.15, 0.2) is 5.78 Å². The van der Waals surface area contributed by atoms with Crippen molar-refractivity contribution < 1.29 is 4.79 Å². The highest BCUT2D eigenvalue weighted by Crippen LogP contribution is 2.32. The van der Waals surface area contributed by atoms with Crippen molar-refractivity contribution in [2.24, 2.45) is 5.92 Å². The summed E-state index contributed by atoms with van der Waals surface area (Å²) < 4.78 is 0. The molecule has 0 saturated carbocycles. The van der Waals surface area contributed by atoms with E-state index in [0.29, 0.717) is 5.56 Å². The minimum absolute atomic E-state index is 0.0134. The zero-order chi connectivity index (χ0) is 24.3. The van der Waals surface area contributed by atoms with Crippen molar-refractivity contribution in [3.63, 3.8) is 0 Å². The maximum absolute atomic E-state index is 13.4. The minimum atomic E-state index is -0.0134. The van der Waals surface area contributed by atoms with Gasteiger partial charge in [-0.15, -0.1) is 0 Å². The first-order chi connectivity index (χ1) is 17.8. The Hall–Kier alpha value is -4.45. The van der Waals surface area contributed by atoms with Crippen LogP contribution in [0.4, 0.5) is 5.82 Å². The third kappa shape index (κ3) is 4.33. The Kier molecular flexibility index (Phi) is 5.91. The van der Waals surface area contributed by atoms with Gasteiger partial charge in [0, 0.05) is 48.1 Å². The molecule has 0 atom stereocenters. The molecule has 5 aromatic rings. The van der Waals surface area contributed by atoms with Crippen molar-refractivity contribution in [2.45, 2.75) is 12.8 Å². The monoisotopic (exact) mass is 471 g/mol. The molecule has 1 fully saturated rings. The Morgan fingerprint density at radius 2 is 1.39 bits per heavy atom. The van der Waals surface area contributed by atoms with Crippen molar-refractivity contribution in [2.75, 3.05) is 18.0 Å². The van der Waals surface area contributed by atoms with E-state index >= 15 is 0 Å². The Labute approximate surface area is 209 Å². The molecular weight excluding hydrogens is 446 g/mol. The fourth-order valence-electron chi connectivity index (χ4n) is 4.86. The molecule has 6 rings (SSSR count). The Morgan fingerprint density at radius 3 is 2.00 bits per heavy atom. The molecule has 2 aromatic heterocycles. The number of rotatable bonds is 5. The average molecular weight is 472 g/mol. The lowest BCUT2D eigenvalue weighted by molar-refractivity contribution is 0.0900. The number of ketones is 1. The summed E-state index contributed by atoms with van der Waals surface area (Å²) in [5.41, 5.74) is 5.88. The van der Waals surface area contributed by atoms with E-state index < -0.39 is 0 Å². The van der Waals surface area contributed by atoms with Gasteiger partial charge in [-0.3, -0.25) is 9.78 Å². The molecule has 0 aliphatic carbocycles. The second-order valence-electron chi connectivity index (χ2n) is 9.05. The molecule has 6 nitrogen and oxygen atoms in total. The third-order valence-electron chi connectivity index (χ3n) is 6.78. The number of carbonyl (C=O) groups excluding carboxylic acids is 1. The van der Waals surface area contributed by atoms with Gasteiger partial charge in [-0.25, -0.2) is 15.0 Å². The quantitative estimate of drug-likeness (QED) is 0.299. The van der Waals surface area contributed by atoms with Crippen LogP contribution in [0.5, 0.6) is 0 Å². The smallest absolute Gasteiger partial charge is 0.166 e. The molecule has 3 aromatic carbocycles. The Morgan fingerprint density at radius 1 is 0.750 bits per heavy atom. The minimum Gasteiger partial charge on any atom is -0.355 e. The molecule has 1 saturated heterocycles. The van der Waals surface area contributed by atoms with Gasteiger partial charge in [0.05, 0.1) is 28.6 Å². The molecule has 3 heterocycles. The fraction of sp³-hybridized carbons (Fsp3) is 0.167. The molecule has 1 aliphatic rings. The van der Waals surface area contributed by atoms with E-state index in [0.717, 1.165) is 65.3 Å². The van der Waals surface area contributed by atoms with Crippen molar-refractivity contribution in [1.29, 1.82) is 0 Å². The summed E-state index contributed by atoms with van der Waals surface area (Å²) in [4.78, 5) is 34.2. The lowest BCUT2D eigenvalue weighted by Gasteiger charge is -2.31. The predicted octanol–water partition coefficient (Wildman–Crippen LogP) is 5.85. The largest absolute Gasteiger partial charge is 0.355 e. The Balaban J connectivity index is 1.31. The lowest BCUT2D eigenvalue weighted by Crippen LogP contribution is -2.36. The molecule has 36 heavy (non-hydrogen) atoms. The number of benzene rings is 3. The van der Waals surface area contributed by atoms with Gasteiger partial charge in [0.25, 0.3) is 0 Å². The number of anilines is 1. The van der Waals surface area contributed by atoms with Crippen LogP contribution < -0.4 is 4.90 Å². The van der Waals surface area contributed by atoms with Gasteiger partial charge in [-0.1, -0.05) is 60.7 Å². The molecule has 0 spiro atoms. The van der Waals surface area contributed by atoms with E-state index in [2.05, 4.69) is 14.9 Å². The van der Waals surface area contributed by atoms with Crippen LogP contribution in [0.25, 0.3) is 33.5 Å². The predicted molar refractivity (Wildman–Crippen MR) is 142 cm³/mol. The molecule has 176 valence electrons. The van der Waals surface area contributed by atoms with E-state index in [9.17, 15) is 4.79 Å². The number of hydrogen-bond donors (Lipinski definition) is 0. The van der Waals surface area contributed by atoms with E-state index in [-0.39, 0.29) is 11.7 Å². The highest BCUT2D eigenvalue weighted by atomic mass is 16.1. The summed E-state index contributed by atoms with van der Waals surface area (Å²) in [5, 5.41) is 0. The van der Waals surface area contributed by atoms with Gasteiger partial charge >= 0.3 is 0 Å². The number of carbonyl (C=O) groups is 1. The third-order valence-corrected chi connectivity index (χ3v) is 6.78. The van der Waals surface area contributed by atoms with Crippen LogP contribution in [0.1, 0.15) is 23.2 Å². The summed E-state index contributed by atoms with van der Waals surface area (Å²) in [6, 6.07) is 25.9. The second kappa shape index (κ2) is 9.66.